The maximum atomic E-state index is 13.0. The van der Waals surface area contributed by atoms with Crippen molar-refractivity contribution in [2.24, 2.45) is 0 Å². The molecule has 2 aromatic heterocycles. The van der Waals surface area contributed by atoms with Crippen molar-refractivity contribution in [3.63, 3.8) is 0 Å². The minimum absolute atomic E-state index is 0.302. The fourth-order valence-corrected chi connectivity index (χ4v) is 2.75. The lowest BCUT2D eigenvalue weighted by atomic mass is 10.2. The third kappa shape index (κ3) is 4.04. The normalized spacial score (nSPS) is 10.6. The molecular formula is C20H14FN5S. The van der Waals surface area contributed by atoms with Crippen molar-refractivity contribution in [3.05, 3.63) is 78.7 Å². The number of thiocarbonyl (C=S) groups is 1. The molecule has 0 radical (unpaired) electrons. The molecule has 132 valence electrons. The van der Waals surface area contributed by atoms with Crippen molar-refractivity contribution in [3.8, 4) is 11.3 Å². The number of rotatable bonds is 3. The van der Waals surface area contributed by atoms with Crippen LogP contribution in [0.1, 0.15) is 0 Å². The summed E-state index contributed by atoms with van der Waals surface area (Å²) < 4.78 is 13.0. The summed E-state index contributed by atoms with van der Waals surface area (Å²) in [6, 6.07) is 19.3. The molecule has 0 aliphatic rings. The van der Waals surface area contributed by atoms with Crippen LogP contribution in [0.4, 0.5) is 15.9 Å². The van der Waals surface area contributed by atoms with E-state index in [2.05, 4.69) is 25.6 Å². The van der Waals surface area contributed by atoms with Gasteiger partial charge >= 0.3 is 0 Å². The Bertz CT molecular complexity index is 1100. The zero-order valence-corrected chi connectivity index (χ0v) is 14.9. The summed E-state index contributed by atoms with van der Waals surface area (Å²) in [6.07, 6.45) is 1.73. The van der Waals surface area contributed by atoms with Crippen molar-refractivity contribution in [2.45, 2.75) is 0 Å². The van der Waals surface area contributed by atoms with Gasteiger partial charge in [-0.05, 0) is 48.6 Å². The van der Waals surface area contributed by atoms with E-state index in [1.807, 2.05) is 36.4 Å². The Labute approximate surface area is 160 Å². The lowest BCUT2D eigenvalue weighted by molar-refractivity contribution is 0.628. The van der Waals surface area contributed by atoms with Gasteiger partial charge in [-0.3, -0.25) is 4.98 Å². The number of hydrogen-bond acceptors (Lipinski definition) is 4. The van der Waals surface area contributed by atoms with Gasteiger partial charge in [-0.2, -0.15) is 0 Å². The second-order valence-electron chi connectivity index (χ2n) is 5.75. The molecular weight excluding hydrogens is 361 g/mol. The topological polar surface area (TPSA) is 62.7 Å². The molecule has 2 aromatic carbocycles. The van der Waals surface area contributed by atoms with E-state index in [0.717, 1.165) is 11.3 Å². The number of nitrogens with zero attached hydrogens (tertiary/aromatic N) is 3. The highest BCUT2D eigenvalue weighted by atomic mass is 32.1. The Kier molecular flexibility index (Phi) is 4.67. The molecule has 2 N–H and O–H groups in total. The van der Waals surface area contributed by atoms with E-state index < -0.39 is 0 Å². The molecule has 2 heterocycles. The van der Waals surface area contributed by atoms with E-state index in [4.69, 9.17) is 12.2 Å². The van der Waals surface area contributed by atoms with Crippen LogP contribution in [0.3, 0.4) is 0 Å². The molecule has 5 nitrogen and oxygen atoms in total. The molecule has 0 aliphatic carbocycles. The Morgan fingerprint density at radius 1 is 0.852 bits per heavy atom. The highest BCUT2D eigenvalue weighted by molar-refractivity contribution is 7.80. The number of benzene rings is 2. The number of halogens is 1. The highest BCUT2D eigenvalue weighted by Crippen LogP contribution is 2.19. The van der Waals surface area contributed by atoms with Crippen LogP contribution < -0.4 is 10.6 Å². The van der Waals surface area contributed by atoms with Crippen LogP contribution in [0.5, 0.6) is 0 Å². The molecule has 27 heavy (non-hydrogen) atoms. The van der Waals surface area contributed by atoms with Crippen LogP contribution in [0.2, 0.25) is 0 Å². The average Bonchev–Trinajstić information content (AvgIpc) is 2.70. The second kappa shape index (κ2) is 7.43. The van der Waals surface area contributed by atoms with Crippen LogP contribution in [0.15, 0.2) is 72.9 Å². The lowest BCUT2D eigenvalue weighted by Gasteiger charge is -2.10. The largest absolute Gasteiger partial charge is 0.332 e. The van der Waals surface area contributed by atoms with Crippen LogP contribution >= 0.6 is 12.2 Å². The summed E-state index contributed by atoms with van der Waals surface area (Å²) in [5.74, 6) is 0.241. The van der Waals surface area contributed by atoms with Gasteiger partial charge in [0.15, 0.2) is 10.8 Å². The number of anilines is 2. The first kappa shape index (κ1) is 17.0. The number of nitrogens with one attached hydrogen (secondary N) is 2. The molecule has 4 aromatic rings. The molecule has 7 heteroatoms. The molecule has 0 aliphatic heterocycles. The predicted octanol–water partition coefficient (Wildman–Crippen LogP) is 4.64. The Morgan fingerprint density at radius 3 is 2.41 bits per heavy atom. The van der Waals surface area contributed by atoms with Gasteiger partial charge in [0.05, 0.1) is 11.9 Å². The van der Waals surface area contributed by atoms with Crippen molar-refractivity contribution in [1.29, 1.82) is 0 Å². The minimum atomic E-state index is -0.302. The summed E-state index contributed by atoms with van der Waals surface area (Å²) in [4.78, 5) is 13.5. The summed E-state index contributed by atoms with van der Waals surface area (Å²) >= 11 is 5.28. The van der Waals surface area contributed by atoms with E-state index >= 15 is 0 Å². The van der Waals surface area contributed by atoms with Crippen LogP contribution in [-0.4, -0.2) is 20.1 Å². The van der Waals surface area contributed by atoms with Crippen LogP contribution in [0, 0.1) is 5.82 Å². The van der Waals surface area contributed by atoms with Gasteiger partial charge in [0.25, 0.3) is 0 Å². The van der Waals surface area contributed by atoms with Gasteiger partial charge in [-0.25, -0.2) is 14.4 Å². The molecule has 0 unspecified atom stereocenters. The van der Waals surface area contributed by atoms with E-state index in [1.54, 1.807) is 24.4 Å². The molecule has 4 rings (SSSR count). The lowest BCUT2D eigenvalue weighted by Crippen LogP contribution is -2.19. The summed E-state index contributed by atoms with van der Waals surface area (Å²) in [5, 5.41) is 6.33. The molecule has 0 saturated carbocycles. The third-order valence-electron chi connectivity index (χ3n) is 3.82. The quantitative estimate of drug-likeness (QED) is 0.509. The molecule has 0 amide bonds. The van der Waals surface area contributed by atoms with E-state index in [-0.39, 0.29) is 5.82 Å². The summed E-state index contributed by atoms with van der Waals surface area (Å²) in [7, 11) is 0. The maximum absolute atomic E-state index is 13.0. The van der Waals surface area contributed by atoms with Gasteiger partial charge in [0, 0.05) is 11.3 Å². The predicted molar refractivity (Wildman–Crippen MR) is 109 cm³/mol. The number of pyridine rings is 1. The minimum Gasteiger partial charge on any atom is -0.332 e. The average molecular weight is 375 g/mol. The van der Waals surface area contributed by atoms with Crippen molar-refractivity contribution >= 4 is 40.0 Å². The number of hydrogen-bond donors (Lipinski definition) is 2. The summed E-state index contributed by atoms with van der Waals surface area (Å²) in [6.45, 7) is 0. The second-order valence-corrected chi connectivity index (χ2v) is 6.15. The van der Waals surface area contributed by atoms with Crippen LogP contribution in [0.25, 0.3) is 22.4 Å². The first-order valence-electron chi connectivity index (χ1n) is 8.20. The van der Waals surface area contributed by atoms with Gasteiger partial charge < -0.3 is 10.6 Å². The fraction of sp³-hybridized carbons (Fsp3) is 0. The monoisotopic (exact) mass is 375 g/mol. The first-order chi connectivity index (χ1) is 13.2. The zero-order chi connectivity index (χ0) is 18.6. The van der Waals surface area contributed by atoms with Crippen molar-refractivity contribution in [1.82, 2.24) is 15.0 Å². The van der Waals surface area contributed by atoms with Gasteiger partial charge in [-0.15, -0.1) is 0 Å². The van der Waals surface area contributed by atoms with E-state index in [1.165, 1.54) is 12.1 Å². The van der Waals surface area contributed by atoms with Gasteiger partial charge in [-0.1, -0.05) is 30.3 Å². The SMILES string of the molecule is Fc1ccc(NC(=S)Nc2ccc3ncc(-c4ccccc4)nc3n2)cc1. The number of aromatic nitrogens is 3. The Morgan fingerprint density at radius 2 is 1.63 bits per heavy atom. The smallest absolute Gasteiger partial charge is 0.180 e. The van der Waals surface area contributed by atoms with Crippen LogP contribution in [-0.2, 0) is 0 Å². The Balaban J connectivity index is 1.55. The molecule has 0 spiro atoms. The van der Waals surface area contributed by atoms with E-state index in [9.17, 15) is 4.39 Å². The number of fused-ring (bicyclic) bond motifs is 1. The zero-order valence-electron chi connectivity index (χ0n) is 14.1. The molecule has 0 saturated heterocycles. The van der Waals surface area contributed by atoms with Gasteiger partial charge in [0.2, 0.25) is 0 Å². The van der Waals surface area contributed by atoms with Crippen molar-refractivity contribution in [2.75, 3.05) is 10.6 Å². The highest BCUT2D eigenvalue weighted by Gasteiger charge is 2.06. The first-order valence-corrected chi connectivity index (χ1v) is 8.61. The standard InChI is InChI=1S/C20H14FN5S/c21-14-6-8-15(9-7-14)23-20(27)26-18-11-10-16-19(25-18)24-17(12-22-16)13-4-2-1-3-5-13/h1-12H,(H2,23,24,25,26,27). The van der Waals surface area contributed by atoms with Crippen molar-refractivity contribution < 1.29 is 4.39 Å². The summed E-state index contributed by atoms with van der Waals surface area (Å²) in [5.41, 5.74) is 3.62. The molecule has 0 bridgehead atoms. The maximum Gasteiger partial charge on any atom is 0.180 e. The molecule has 0 fully saturated rings. The van der Waals surface area contributed by atoms with E-state index in [0.29, 0.717) is 27.8 Å². The molecule has 0 atom stereocenters. The Hall–Kier alpha value is -3.45. The van der Waals surface area contributed by atoms with Gasteiger partial charge in [0.1, 0.15) is 17.2 Å². The fourth-order valence-electron chi connectivity index (χ4n) is 2.53. The third-order valence-corrected chi connectivity index (χ3v) is 4.02.